The van der Waals surface area contributed by atoms with Crippen LogP contribution in [-0.4, -0.2) is 11.7 Å². The number of anilines is 3. The molecule has 0 atom stereocenters. The fraction of sp³-hybridized carbons (Fsp3) is 0.0909. The summed E-state index contributed by atoms with van der Waals surface area (Å²) >= 11 is 0. The number of hydrogen-bond donors (Lipinski definition) is 2. The molecule has 3 aromatic rings. The standard InChI is InChI=1S/C22H19FN2O2/c1-15(26)16-6-8-18(9-7-16)24-19-10-12-20(13-11-19)25-22(27)14-17-4-2-3-5-21(17)23/h2-13,24H,14H2,1H3,(H,25,27). The number of halogens is 1. The Morgan fingerprint density at radius 1 is 0.815 bits per heavy atom. The molecule has 0 aliphatic rings. The molecule has 136 valence electrons. The first-order chi connectivity index (χ1) is 13.0. The highest BCUT2D eigenvalue weighted by Crippen LogP contribution is 2.20. The van der Waals surface area contributed by atoms with Crippen molar-refractivity contribution in [2.75, 3.05) is 10.6 Å². The Hall–Kier alpha value is -3.47. The van der Waals surface area contributed by atoms with Gasteiger partial charge in [-0.2, -0.15) is 0 Å². The fourth-order valence-electron chi connectivity index (χ4n) is 2.61. The molecule has 1 amide bonds. The van der Waals surface area contributed by atoms with Gasteiger partial charge in [-0.05, 0) is 67.1 Å². The first kappa shape index (κ1) is 18.3. The average molecular weight is 362 g/mol. The van der Waals surface area contributed by atoms with E-state index in [9.17, 15) is 14.0 Å². The number of hydrogen-bond acceptors (Lipinski definition) is 3. The number of Topliss-reactive ketones (excluding diaryl/α,β-unsaturated/α-hetero) is 1. The van der Waals surface area contributed by atoms with Crippen LogP contribution < -0.4 is 10.6 Å². The number of ketones is 1. The molecule has 0 saturated carbocycles. The first-order valence-electron chi connectivity index (χ1n) is 8.52. The second-order valence-corrected chi connectivity index (χ2v) is 6.15. The summed E-state index contributed by atoms with van der Waals surface area (Å²) in [6.07, 6.45) is -0.0187. The topological polar surface area (TPSA) is 58.2 Å². The van der Waals surface area contributed by atoms with E-state index in [2.05, 4.69) is 10.6 Å². The van der Waals surface area contributed by atoms with Crippen molar-refractivity contribution in [3.63, 3.8) is 0 Å². The molecular weight excluding hydrogens is 343 g/mol. The summed E-state index contributed by atoms with van der Waals surface area (Å²) in [6, 6.07) is 20.6. The lowest BCUT2D eigenvalue weighted by Crippen LogP contribution is -2.15. The maximum Gasteiger partial charge on any atom is 0.228 e. The minimum atomic E-state index is -0.386. The lowest BCUT2D eigenvalue weighted by Gasteiger charge is -2.09. The summed E-state index contributed by atoms with van der Waals surface area (Å²) in [5.74, 6) is -0.638. The lowest BCUT2D eigenvalue weighted by atomic mass is 10.1. The zero-order valence-corrected chi connectivity index (χ0v) is 14.8. The Kier molecular flexibility index (Phi) is 5.61. The van der Waals surface area contributed by atoms with Gasteiger partial charge in [0.2, 0.25) is 5.91 Å². The van der Waals surface area contributed by atoms with E-state index >= 15 is 0 Å². The van der Waals surface area contributed by atoms with Crippen LogP contribution in [0.1, 0.15) is 22.8 Å². The third-order valence-corrected chi connectivity index (χ3v) is 4.06. The molecule has 0 aliphatic heterocycles. The smallest absolute Gasteiger partial charge is 0.228 e. The van der Waals surface area contributed by atoms with Gasteiger partial charge in [0.25, 0.3) is 0 Å². The van der Waals surface area contributed by atoms with Crippen molar-refractivity contribution < 1.29 is 14.0 Å². The van der Waals surface area contributed by atoms with Crippen molar-refractivity contribution in [2.24, 2.45) is 0 Å². The van der Waals surface area contributed by atoms with E-state index in [0.29, 0.717) is 16.8 Å². The van der Waals surface area contributed by atoms with E-state index < -0.39 is 0 Å². The fourth-order valence-corrected chi connectivity index (χ4v) is 2.61. The molecular formula is C22H19FN2O2. The van der Waals surface area contributed by atoms with Gasteiger partial charge >= 0.3 is 0 Å². The zero-order valence-electron chi connectivity index (χ0n) is 14.8. The van der Waals surface area contributed by atoms with E-state index in [-0.39, 0.29) is 23.9 Å². The predicted octanol–water partition coefficient (Wildman–Crippen LogP) is 4.95. The summed E-state index contributed by atoms with van der Waals surface area (Å²) in [7, 11) is 0. The lowest BCUT2D eigenvalue weighted by molar-refractivity contribution is -0.115. The normalized spacial score (nSPS) is 10.3. The Balaban J connectivity index is 1.59. The molecule has 3 rings (SSSR count). The molecule has 0 bridgehead atoms. The molecule has 27 heavy (non-hydrogen) atoms. The van der Waals surface area contributed by atoms with Crippen LogP contribution in [0.15, 0.2) is 72.8 Å². The third-order valence-electron chi connectivity index (χ3n) is 4.06. The van der Waals surface area contributed by atoms with Gasteiger partial charge in [-0.25, -0.2) is 4.39 Å². The highest BCUT2D eigenvalue weighted by atomic mass is 19.1. The maximum atomic E-state index is 13.6. The minimum Gasteiger partial charge on any atom is -0.356 e. The van der Waals surface area contributed by atoms with Gasteiger partial charge in [0.1, 0.15) is 5.82 Å². The summed E-state index contributed by atoms with van der Waals surface area (Å²) in [5.41, 5.74) is 3.36. The van der Waals surface area contributed by atoms with Crippen molar-refractivity contribution in [1.82, 2.24) is 0 Å². The quantitative estimate of drug-likeness (QED) is 0.610. The number of carbonyl (C=O) groups excluding carboxylic acids is 2. The van der Waals surface area contributed by atoms with E-state index in [0.717, 1.165) is 11.4 Å². The summed E-state index contributed by atoms with van der Waals surface area (Å²) in [4.78, 5) is 23.4. The van der Waals surface area contributed by atoms with Crippen molar-refractivity contribution in [1.29, 1.82) is 0 Å². The van der Waals surface area contributed by atoms with E-state index in [1.165, 1.54) is 13.0 Å². The highest BCUT2D eigenvalue weighted by Gasteiger charge is 2.08. The van der Waals surface area contributed by atoms with E-state index in [1.807, 2.05) is 24.3 Å². The largest absolute Gasteiger partial charge is 0.356 e. The summed E-state index contributed by atoms with van der Waals surface area (Å²) in [5, 5.41) is 5.98. The second kappa shape index (κ2) is 8.27. The van der Waals surface area contributed by atoms with Crippen molar-refractivity contribution >= 4 is 28.8 Å². The Morgan fingerprint density at radius 2 is 1.37 bits per heavy atom. The van der Waals surface area contributed by atoms with Crippen molar-refractivity contribution in [3.05, 3.63) is 89.7 Å². The highest BCUT2D eigenvalue weighted by molar-refractivity contribution is 5.94. The van der Waals surface area contributed by atoms with E-state index in [4.69, 9.17) is 0 Å². The molecule has 5 heteroatoms. The van der Waals surface area contributed by atoms with Crippen LogP contribution in [-0.2, 0) is 11.2 Å². The third kappa shape index (κ3) is 5.01. The molecule has 0 aromatic heterocycles. The molecule has 0 heterocycles. The molecule has 0 spiro atoms. The van der Waals surface area contributed by atoms with Crippen LogP contribution in [0.4, 0.5) is 21.5 Å². The molecule has 2 N–H and O–H groups in total. The van der Waals surface area contributed by atoms with Crippen LogP contribution in [0, 0.1) is 5.82 Å². The first-order valence-corrected chi connectivity index (χ1v) is 8.52. The maximum absolute atomic E-state index is 13.6. The van der Waals surface area contributed by atoms with Crippen molar-refractivity contribution in [2.45, 2.75) is 13.3 Å². The van der Waals surface area contributed by atoms with Crippen molar-refractivity contribution in [3.8, 4) is 0 Å². The average Bonchev–Trinajstić information content (AvgIpc) is 2.66. The van der Waals surface area contributed by atoms with Gasteiger partial charge in [0, 0.05) is 22.6 Å². The van der Waals surface area contributed by atoms with Crippen LogP contribution in [0.5, 0.6) is 0 Å². The minimum absolute atomic E-state index is 0.0187. The van der Waals surface area contributed by atoms with Gasteiger partial charge in [-0.15, -0.1) is 0 Å². The molecule has 0 unspecified atom stereocenters. The summed E-state index contributed by atoms with van der Waals surface area (Å²) in [6.45, 7) is 1.53. The number of rotatable bonds is 6. The molecule has 3 aromatic carbocycles. The number of carbonyl (C=O) groups is 2. The SMILES string of the molecule is CC(=O)c1ccc(Nc2ccc(NC(=O)Cc3ccccc3F)cc2)cc1. The van der Waals surface area contributed by atoms with Gasteiger partial charge < -0.3 is 10.6 Å². The van der Waals surface area contributed by atoms with Crippen LogP contribution in [0.25, 0.3) is 0 Å². The Morgan fingerprint density at radius 3 is 1.96 bits per heavy atom. The van der Waals surface area contributed by atoms with Gasteiger partial charge in [0.15, 0.2) is 5.78 Å². The Bertz CT molecular complexity index is 951. The van der Waals surface area contributed by atoms with E-state index in [1.54, 1.807) is 42.5 Å². The van der Waals surface area contributed by atoms with Crippen LogP contribution >= 0.6 is 0 Å². The Labute approximate surface area is 157 Å². The second-order valence-electron chi connectivity index (χ2n) is 6.15. The van der Waals surface area contributed by atoms with Gasteiger partial charge in [-0.3, -0.25) is 9.59 Å². The number of benzene rings is 3. The predicted molar refractivity (Wildman–Crippen MR) is 105 cm³/mol. The monoisotopic (exact) mass is 362 g/mol. The zero-order chi connectivity index (χ0) is 19.2. The number of nitrogens with one attached hydrogen (secondary N) is 2. The van der Waals surface area contributed by atoms with Gasteiger partial charge in [-0.1, -0.05) is 18.2 Å². The molecule has 0 saturated heterocycles. The molecule has 0 aliphatic carbocycles. The van der Waals surface area contributed by atoms with Crippen LogP contribution in [0.3, 0.4) is 0 Å². The molecule has 4 nitrogen and oxygen atoms in total. The molecule has 0 fully saturated rings. The summed E-state index contributed by atoms with van der Waals surface area (Å²) < 4.78 is 13.6. The molecule has 0 radical (unpaired) electrons. The number of amides is 1. The van der Waals surface area contributed by atoms with Crippen LogP contribution in [0.2, 0.25) is 0 Å². The van der Waals surface area contributed by atoms with Gasteiger partial charge in [0.05, 0.1) is 6.42 Å².